The molecule has 0 aliphatic carbocycles. The lowest BCUT2D eigenvalue weighted by molar-refractivity contribution is -0.137. The molecular formula is C46H55F3N10O5. The van der Waals surface area contributed by atoms with Gasteiger partial charge in [-0.05, 0) is 68.7 Å². The predicted molar refractivity (Wildman–Crippen MR) is 233 cm³/mol. The molecule has 340 valence electrons. The first-order valence-electron chi connectivity index (χ1n) is 22.1. The average Bonchev–Trinajstić information content (AvgIpc) is 4.11. The summed E-state index contributed by atoms with van der Waals surface area (Å²) in [5.41, 5.74) is 2.76. The van der Waals surface area contributed by atoms with Crippen LogP contribution in [0.2, 0.25) is 0 Å². The number of hydrogen-bond acceptors (Lipinski definition) is 11. The van der Waals surface area contributed by atoms with Gasteiger partial charge in [-0.1, -0.05) is 55.8 Å². The zero-order valence-corrected chi connectivity index (χ0v) is 36.3. The van der Waals surface area contributed by atoms with Crippen LogP contribution in [0.25, 0.3) is 11.0 Å². The molecule has 4 aromatic heterocycles. The van der Waals surface area contributed by atoms with Crippen LogP contribution in [-0.2, 0) is 22.2 Å². The van der Waals surface area contributed by atoms with E-state index in [2.05, 4.69) is 44.0 Å². The fraction of sp³-hybridized carbons (Fsp3) is 0.500. The van der Waals surface area contributed by atoms with E-state index in [9.17, 15) is 27.6 Å². The molecule has 4 aliphatic heterocycles. The molecule has 0 spiro atoms. The van der Waals surface area contributed by atoms with E-state index in [-0.39, 0.29) is 34.8 Å². The third kappa shape index (κ3) is 10.2. The van der Waals surface area contributed by atoms with E-state index in [0.717, 1.165) is 106 Å². The van der Waals surface area contributed by atoms with Crippen LogP contribution in [0.15, 0.2) is 70.5 Å². The molecule has 0 saturated carbocycles. The molecule has 15 nitrogen and oxygen atoms in total. The van der Waals surface area contributed by atoms with Crippen molar-refractivity contribution in [3.8, 4) is 0 Å². The fourth-order valence-electron chi connectivity index (χ4n) is 9.10. The van der Waals surface area contributed by atoms with Gasteiger partial charge in [0.1, 0.15) is 29.6 Å². The van der Waals surface area contributed by atoms with Crippen LogP contribution in [0.3, 0.4) is 0 Å². The van der Waals surface area contributed by atoms with Crippen LogP contribution < -0.4 is 16.4 Å². The van der Waals surface area contributed by atoms with Gasteiger partial charge in [-0.25, -0.2) is 19.0 Å². The van der Waals surface area contributed by atoms with Crippen molar-refractivity contribution in [3.63, 3.8) is 0 Å². The standard InChI is InChI=1S/C23H26F3N5O2.C15H21N5O2.C8H8O/c1-14-11-30(12-15-2-4-17(5-3-15)23(24,25)26)13-18(14)20-28-22(32)19-10-27-21(31(19)29-20)16-6-8-33-9-7-16;1-9-6-16-7-11(9)13-18-15(21)12-8-17-14(20(12)19-13)10-2-4-22-5-3-10;1-7-2-4-8(6-9)5-3-7/h2-5,10,14,16,18H,6-9,11-13H2,1H3,(H,28,29,32);8-11,16H,2-7H2,1H3,(H,18,19,21);2-6H,1H3. The molecule has 4 atom stereocenters. The van der Waals surface area contributed by atoms with Crippen LogP contribution in [0.5, 0.6) is 0 Å². The third-order valence-corrected chi connectivity index (χ3v) is 12.9. The van der Waals surface area contributed by atoms with Gasteiger partial charge >= 0.3 is 6.18 Å². The number of alkyl halides is 3. The van der Waals surface area contributed by atoms with Crippen LogP contribution in [0, 0.1) is 18.8 Å². The van der Waals surface area contributed by atoms with Gasteiger partial charge in [0, 0.05) is 81.8 Å². The van der Waals surface area contributed by atoms with E-state index in [1.807, 2.05) is 31.2 Å². The quantitative estimate of drug-likeness (QED) is 0.160. The lowest BCUT2D eigenvalue weighted by Gasteiger charge is -2.21. The number of nitrogens with zero attached hydrogens (tertiary/aromatic N) is 7. The number of nitrogens with one attached hydrogen (secondary N) is 3. The minimum absolute atomic E-state index is 0.0153. The molecule has 18 heteroatoms. The molecule has 10 rings (SSSR count). The zero-order chi connectivity index (χ0) is 45.0. The summed E-state index contributed by atoms with van der Waals surface area (Å²) in [6, 6.07) is 12.8. The minimum Gasteiger partial charge on any atom is -0.381 e. The Hall–Kier alpha value is -5.56. The number of rotatable bonds is 7. The van der Waals surface area contributed by atoms with Crippen LogP contribution in [0.4, 0.5) is 13.2 Å². The number of aryl methyl sites for hydroxylation is 1. The maximum absolute atomic E-state index is 12.8. The molecule has 8 heterocycles. The monoisotopic (exact) mass is 884 g/mol. The summed E-state index contributed by atoms with van der Waals surface area (Å²) in [4.78, 5) is 52.3. The van der Waals surface area contributed by atoms with Gasteiger partial charge in [0.05, 0.1) is 18.0 Å². The third-order valence-electron chi connectivity index (χ3n) is 12.9. The lowest BCUT2D eigenvalue weighted by Crippen LogP contribution is -2.24. The van der Waals surface area contributed by atoms with E-state index >= 15 is 0 Å². The number of H-pyrrole nitrogens is 2. The fourth-order valence-corrected chi connectivity index (χ4v) is 9.10. The van der Waals surface area contributed by atoms with Crippen molar-refractivity contribution in [3.05, 3.63) is 127 Å². The van der Waals surface area contributed by atoms with Crippen LogP contribution >= 0.6 is 0 Å². The number of hydrogen-bond donors (Lipinski definition) is 3. The number of carbonyl (C=O) groups excluding carboxylic acids is 1. The summed E-state index contributed by atoms with van der Waals surface area (Å²) in [6.07, 6.45) is 3.30. The average molecular weight is 885 g/mol. The highest BCUT2D eigenvalue weighted by Crippen LogP contribution is 2.34. The zero-order valence-electron chi connectivity index (χ0n) is 36.3. The first-order valence-corrected chi connectivity index (χ1v) is 22.1. The second-order valence-electron chi connectivity index (χ2n) is 17.5. The first kappa shape index (κ1) is 45.0. The minimum atomic E-state index is -4.33. The topological polar surface area (TPSA) is 177 Å². The number of aromatic nitrogens is 8. The SMILES string of the molecule is CC1CN(Cc2ccc(C(F)(F)F)cc2)CC1c1nn2c(C3CCOCC3)ncc2c(=O)[nH]1.CC1CNCC1c1nn2c(C3CCOCC3)ncc2c(=O)[nH]1.Cc1ccc(C=O)cc1. The van der Waals surface area contributed by atoms with E-state index in [4.69, 9.17) is 19.7 Å². The molecule has 0 bridgehead atoms. The molecule has 4 aliphatic rings. The molecule has 2 aromatic carbocycles. The van der Waals surface area contributed by atoms with E-state index in [0.29, 0.717) is 55.0 Å². The Labute approximate surface area is 367 Å². The van der Waals surface area contributed by atoms with Crippen molar-refractivity contribution >= 4 is 17.3 Å². The number of likely N-dealkylation sites (tertiary alicyclic amines) is 1. The highest BCUT2D eigenvalue weighted by atomic mass is 19.4. The number of carbonyl (C=O) groups is 1. The summed E-state index contributed by atoms with van der Waals surface area (Å²) >= 11 is 0. The number of halogens is 3. The summed E-state index contributed by atoms with van der Waals surface area (Å²) < 4.78 is 52.8. The molecule has 0 radical (unpaired) electrons. The molecule has 4 saturated heterocycles. The number of benzene rings is 2. The smallest absolute Gasteiger partial charge is 0.381 e. The Morgan fingerprint density at radius 2 is 1.25 bits per heavy atom. The molecule has 6 aromatic rings. The normalized spacial score (nSPS) is 22.3. The Bertz CT molecular complexity index is 2630. The van der Waals surface area contributed by atoms with Crippen molar-refractivity contribution in [2.24, 2.45) is 11.8 Å². The number of aldehydes is 1. The number of fused-ring (bicyclic) bond motifs is 2. The summed E-state index contributed by atoms with van der Waals surface area (Å²) in [6.45, 7) is 12.9. The second-order valence-corrected chi connectivity index (χ2v) is 17.5. The molecule has 4 unspecified atom stereocenters. The number of aromatic amines is 2. The molecular weight excluding hydrogens is 830 g/mol. The van der Waals surface area contributed by atoms with Crippen molar-refractivity contribution in [2.75, 3.05) is 52.6 Å². The van der Waals surface area contributed by atoms with E-state index in [1.165, 1.54) is 17.7 Å². The molecule has 4 fully saturated rings. The van der Waals surface area contributed by atoms with Crippen molar-refractivity contribution in [2.45, 2.75) is 82.8 Å². The molecule has 64 heavy (non-hydrogen) atoms. The second kappa shape index (κ2) is 19.7. The molecule has 3 N–H and O–H groups in total. The van der Waals surface area contributed by atoms with Gasteiger partial charge in [-0.2, -0.15) is 23.4 Å². The highest BCUT2D eigenvalue weighted by Gasteiger charge is 2.35. The Morgan fingerprint density at radius 1 is 0.719 bits per heavy atom. The lowest BCUT2D eigenvalue weighted by atomic mass is 9.97. The maximum atomic E-state index is 12.8. The number of ether oxygens (including phenoxy) is 2. The predicted octanol–water partition coefficient (Wildman–Crippen LogP) is 6.01. The molecule has 0 amide bonds. The maximum Gasteiger partial charge on any atom is 0.416 e. The van der Waals surface area contributed by atoms with Gasteiger partial charge in [0.25, 0.3) is 11.1 Å². The van der Waals surface area contributed by atoms with Crippen LogP contribution in [-0.4, -0.2) is 103 Å². The Kier molecular flexibility index (Phi) is 13.8. The van der Waals surface area contributed by atoms with Gasteiger partial charge < -0.3 is 24.8 Å². The van der Waals surface area contributed by atoms with Gasteiger partial charge in [-0.3, -0.25) is 19.3 Å². The van der Waals surface area contributed by atoms with Gasteiger partial charge in [0.15, 0.2) is 11.0 Å². The van der Waals surface area contributed by atoms with Gasteiger partial charge in [-0.15, -0.1) is 0 Å². The highest BCUT2D eigenvalue weighted by molar-refractivity contribution is 5.74. The Morgan fingerprint density at radius 3 is 1.73 bits per heavy atom. The summed E-state index contributed by atoms with van der Waals surface area (Å²) in [5, 5.41) is 12.9. The van der Waals surface area contributed by atoms with Crippen molar-refractivity contribution < 1.29 is 27.4 Å². The first-order chi connectivity index (χ1) is 30.9. The van der Waals surface area contributed by atoms with E-state index in [1.54, 1.807) is 21.4 Å². The van der Waals surface area contributed by atoms with E-state index < -0.39 is 11.7 Å². The Balaban J connectivity index is 0.000000154. The largest absolute Gasteiger partial charge is 0.416 e. The summed E-state index contributed by atoms with van der Waals surface area (Å²) in [7, 11) is 0. The van der Waals surface area contributed by atoms with Crippen molar-refractivity contribution in [1.82, 2.24) is 49.4 Å². The van der Waals surface area contributed by atoms with Crippen molar-refractivity contribution in [1.29, 1.82) is 0 Å². The van der Waals surface area contributed by atoms with Gasteiger partial charge in [0.2, 0.25) is 0 Å². The number of imidazole rings is 2. The summed E-state index contributed by atoms with van der Waals surface area (Å²) in [5.74, 6) is 4.58. The van der Waals surface area contributed by atoms with Crippen LogP contribution in [0.1, 0.15) is 114 Å².